The Bertz CT molecular complexity index is 1410. The Balaban J connectivity index is 1.51. The van der Waals surface area contributed by atoms with Gasteiger partial charge in [-0.15, -0.1) is 11.3 Å². The second-order valence-corrected chi connectivity index (χ2v) is 8.39. The van der Waals surface area contributed by atoms with Crippen LogP contribution >= 0.6 is 11.3 Å². The van der Waals surface area contributed by atoms with E-state index in [4.69, 9.17) is 4.74 Å². The lowest BCUT2D eigenvalue weighted by Crippen LogP contribution is -2.40. The Hall–Kier alpha value is -3.72. The molecule has 0 aliphatic heterocycles. The number of anilines is 1. The van der Waals surface area contributed by atoms with E-state index in [2.05, 4.69) is 5.32 Å². The van der Waals surface area contributed by atoms with Crippen LogP contribution in [-0.2, 0) is 17.9 Å². The topological polar surface area (TPSA) is 82.3 Å². The molecule has 7 nitrogen and oxygen atoms in total. The molecule has 0 spiro atoms. The molecule has 2 aromatic carbocycles. The van der Waals surface area contributed by atoms with Gasteiger partial charge in [-0.05, 0) is 59.8 Å². The summed E-state index contributed by atoms with van der Waals surface area (Å²) in [5, 5.41) is 4.54. The first kappa shape index (κ1) is 22.5. The number of methoxy groups -OCH3 is 1. The number of carbonyl (C=O) groups excluding carboxylic acids is 1. The van der Waals surface area contributed by atoms with E-state index in [1.807, 2.05) is 0 Å². The molecule has 33 heavy (non-hydrogen) atoms. The van der Waals surface area contributed by atoms with Crippen LogP contribution in [0.4, 0.5) is 10.1 Å². The number of rotatable bonds is 8. The third kappa shape index (κ3) is 5.04. The fourth-order valence-corrected chi connectivity index (χ4v) is 4.44. The summed E-state index contributed by atoms with van der Waals surface area (Å²) < 4.78 is 21.8. The minimum absolute atomic E-state index is 0.102. The number of benzene rings is 2. The number of aromatic nitrogens is 2. The van der Waals surface area contributed by atoms with Crippen molar-refractivity contribution in [3.05, 3.63) is 92.2 Å². The molecular formula is C24H22FN3O4S. The van der Waals surface area contributed by atoms with Crippen molar-refractivity contribution in [2.75, 3.05) is 12.4 Å². The predicted octanol–water partition coefficient (Wildman–Crippen LogP) is 3.84. The molecule has 2 aromatic heterocycles. The SMILES string of the molecule is COc1ccc(NC(=O)CCCn2c(=O)c3sccc3n(Cc3cccc(F)c3)c2=O)cc1. The largest absolute Gasteiger partial charge is 0.497 e. The number of carbonyl (C=O) groups is 1. The quantitative estimate of drug-likeness (QED) is 0.427. The number of hydrogen-bond donors (Lipinski definition) is 1. The first-order valence-electron chi connectivity index (χ1n) is 10.4. The van der Waals surface area contributed by atoms with Gasteiger partial charge in [-0.3, -0.25) is 18.7 Å². The summed E-state index contributed by atoms with van der Waals surface area (Å²) in [5.41, 5.74) is 0.915. The molecule has 0 atom stereocenters. The van der Waals surface area contributed by atoms with E-state index >= 15 is 0 Å². The highest BCUT2D eigenvalue weighted by Crippen LogP contribution is 2.17. The maximum Gasteiger partial charge on any atom is 0.331 e. The fourth-order valence-electron chi connectivity index (χ4n) is 3.60. The van der Waals surface area contributed by atoms with Crippen molar-refractivity contribution >= 4 is 33.1 Å². The Morgan fingerprint density at radius 1 is 1.09 bits per heavy atom. The van der Waals surface area contributed by atoms with Crippen molar-refractivity contribution in [3.8, 4) is 5.75 Å². The van der Waals surface area contributed by atoms with E-state index in [9.17, 15) is 18.8 Å². The smallest absolute Gasteiger partial charge is 0.331 e. The van der Waals surface area contributed by atoms with Crippen molar-refractivity contribution in [2.45, 2.75) is 25.9 Å². The monoisotopic (exact) mass is 467 g/mol. The molecule has 0 fully saturated rings. The number of amides is 1. The van der Waals surface area contributed by atoms with E-state index < -0.39 is 11.5 Å². The van der Waals surface area contributed by atoms with E-state index in [-0.39, 0.29) is 31.0 Å². The molecule has 170 valence electrons. The van der Waals surface area contributed by atoms with Crippen LogP contribution in [0.2, 0.25) is 0 Å². The first-order valence-corrected chi connectivity index (χ1v) is 11.2. The third-order valence-electron chi connectivity index (χ3n) is 5.23. The van der Waals surface area contributed by atoms with Gasteiger partial charge in [-0.2, -0.15) is 0 Å². The van der Waals surface area contributed by atoms with Crippen molar-refractivity contribution in [2.24, 2.45) is 0 Å². The summed E-state index contributed by atoms with van der Waals surface area (Å²) in [6.07, 6.45) is 0.457. The molecule has 0 saturated carbocycles. The average molecular weight is 468 g/mol. The minimum Gasteiger partial charge on any atom is -0.497 e. The Kier molecular flexibility index (Phi) is 6.69. The highest BCUT2D eigenvalue weighted by molar-refractivity contribution is 7.17. The van der Waals surface area contributed by atoms with Gasteiger partial charge in [0.2, 0.25) is 5.91 Å². The Labute approximate surface area is 192 Å². The molecule has 4 rings (SSSR count). The molecule has 4 aromatic rings. The van der Waals surface area contributed by atoms with E-state index in [0.717, 1.165) is 4.57 Å². The number of nitrogens with one attached hydrogen (secondary N) is 1. The lowest BCUT2D eigenvalue weighted by Gasteiger charge is -2.12. The van der Waals surface area contributed by atoms with Crippen LogP contribution in [0.5, 0.6) is 5.75 Å². The van der Waals surface area contributed by atoms with Gasteiger partial charge in [0, 0.05) is 18.7 Å². The van der Waals surface area contributed by atoms with Crippen LogP contribution in [0.15, 0.2) is 69.6 Å². The van der Waals surface area contributed by atoms with Crippen LogP contribution in [0.1, 0.15) is 18.4 Å². The highest BCUT2D eigenvalue weighted by Gasteiger charge is 2.15. The van der Waals surface area contributed by atoms with Gasteiger partial charge >= 0.3 is 5.69 Å². The van der Waals surface area contributed by atoms with Crippen LogP contribution in [-0.4, -0.2) is 22.2 Å². The zero-order chi connectivity index (χ0) is 23.4. The number of ether oxygens (including phenoxy) is 1. The number of thiophene rings is 1. The number of hydrogen-bond acceptors (Lipinski definition) is 5. The zero-order valence-electron chi connectivity index (χ0n) is 17.9. The molecule has 0 aliphatic rings. The van der Waals surface area contributed by atoms with Crippen molar-refractivity contribution in [3.63, 3.8) is 0 Å². The minimum atomic E-state index is -0.481. The van der Waals surface area contributed by atoms with Crippen LogP contribution in [0.3, 0.4) is 0 Å². The maximum absolute atomic E-state index is 13.6. The average Bonchev–Trinajstić information content (AvgIpc) is 3.30. The van der Waals surface area contributed by atoms with Crippen molar-refractivity contribution in [1.29, 1.82) is 0 Å². The maximum atomic E-state index is 13.6. The Morgan fingerprint density at radius 2 is 1.88 bits per heavy atom. The summed E-state index contributed by atoms with van der Waals surface area (Å²) in [6.45, 7) is 0.243. The normalized spacial score (nSPS) is 11.0. The number of halogens is 1. The van der Waals surface area contributed by atoms with E-state index in [0.29, 0.717) is 33.6 Å². The molecule has 0 aliphatic carbocycles. The van der Waals surface area contributed by atoms with Crippen molar-refractivity contribution in [1.82, 2.24) is 9.13 Å². The van der Waals surface area contributed by atoms with Crippen LogP contribution in [0, 0.1) is 5.82 Å². The van der Waals surface area contributed by atoms with Gasteiger partial charge < -0.3 is 10.1 Å². The summed E-state index contributed by atoms with van der Waals surface area (Å²) in [5.74, 6) is 0.0784. The second kappa shape index (κ2) is 9.83. The molecule has 1 N–H and O–H groups in total. The predicted molar refractivity (Wildman–Crippen MR) is 127 cm³/mol. The summed E-state index contributed by atoms with van der Waals surface area (Å²) in [7, 11) is 1.56. The molecule has 0 bridgehead atoms. The van der Waals surface area contributed by atoms with Crippen molar-refractivity contribution < 1.29 is 13.9 Å². The van der Waals surface area contributed by atoms with Crippen LogP contribution < -0.4 is 21.3 Å². The van der Waals surface area contributed by atoms with Gasteiger partial charge in [-0.25, -0.2) is 9.18 Å². The summed E-state index contributed by atoms with van der Waals surface area (Å²) in [4.78, 5) is 38.3. The molecule has 0 saturated heterocycles. The van der Waals surface area contributed by atoms with Gasteiger partial charge in [0.1, 0.15) is 16.3 Å². The van der Waals surface area contributed by atoms with Gasteiger partial charge in [-0.1, -0.05) is 12.1 Å². The molecule has 1 amide bonds. The number of fused-ring (bicyclic) bond motifs is 1. The van der Waals surface area contributed by atoms with E-state index in [1.165, 1.54) is 28.0 Å². The van der Waals surface area contributed by atoms with Gasteiger partial charge in [0.05, 0.1) is 19.2 Å². The first-order chi connectivity index (χ1) is 16.0. The lowest BCUT2D eigenvalue weighted by molar-refractivity contribution is -0.116. The summed E-state index contributed by atoms with van der Waals surface area (Å²) in [6, 6.07) is 14.7. The molecule has 9 heteroatoms. The molecule has 0 radical (unpaired) electrons. The third-order valence-corrected chi connectivity index (χ3v) is 6.12. The van der Waals surface area contributed by atoms with Crippen LogP contribution in [0.25, 0.3) is 10.2 Å². The van der Waals surface area contributed by atoms with E-state index in [1.54, 1.807) is 55.0 Å². The Morgan fingerprint density at radius 3 is 2.61 bits per heavy atom. The number of nitrogens with zero attached hydrogens (tertiary/aromatic N) is 2. The standard InChI is InChI=1S/C24H22FN3O4S/c1-32-19-9-7-18(8-10-19)26-21(29)6-3-12-27-23(30)22-20(11-13-33-22)28(24(27)31)15-16-4-2-5-17(25)14-16/h2,4-5,7-11,13-14H,3,6,12,15H2,1H3,(H,26,29). The second-order valence-electron chi connectivity index (χ2n) is 7.47. The molecule has 2 heterocycles. The fraction of sp³-hybridized carbons (Fsp3) is 0.208. The zero-order valence-corrected chi connectivity index (χ0v) is 18.7. The highest BCUT2D eigenvalue weighted by atomic mass is 32.1. The molecular weight excluding hydrogens is 445 g/mol. The summed E-state index contributed by atoms with van der Waals surface area (Å²) >= 11 is 1.25. The van der Waals surface area contributed by atoms with Gasteiger partial charge in [0.15, 0.2) is 0 Å². The lowest BCUT2D eigenvalue weighted by atomic mass is 10.2. The van der Waals surface area contributed by atoms with Gasteiger partial charge in [0.25, 0.3) is 5.56 Å². The molecule has 0 unspecified atom stereocenters.